The van der Waals surface area contributed by atoms with Gasteiger partial charge in [-0.3, -0.25) is 4.79 Å². The molecule has 1 aliphatic heterocycles. The summed E-state index contributed by atoms with van der Waals surface area (Å²) in [6, 6.07) is 0.0302. The molecular formula is C17H20FN5O2. The van der Waals surface area contributed by atoms with E-state index in [1.807, 2.05) is 4.90 Å². The first-order valence-corrected chi connectivity index (χ1v) is 8.69. The lowest BCUT2D eigenvalue weighted by atomic mass is 10.0. The Hall–Kier alpha value is -2.51. The van der Waals surface area contributed by atoms with Crippen molar-refractivity contribution in [3.63, 3.8) is 0 Å². The zero-order valence-corrected chi connectivity index (χ0v) is 13.8. The summed E-state index contributed by atoms with van der Waals surface area (Å²) < 4.78 is 18.5. The monoisotopic (exact) mass is 345 g/mol. The number of anilines is 1. The number of piperidine rings is 1. The molecule has 2 aliphatic rings. The fraction of sp³-hybridized carbons (Fsp3) is 0.529. The normalized spacial score (nSPS) is 20.5. The molecule has 0 unspecified atom stereocenters. The predicted octanol–water partition coefficient (Wildman–Crippen LogP) is 2.59. The van der Waals surface area contributed by atoms with E-state index in [-0.39, 0.29) is 11.9 Å². The van der Waals surface area contributed by atoms with Crippen LogP contribution in [0.1, 0.15) is 54.5 Å². The van der Waals surface area contributed by atoms with Gasteiger partial charge in [-0.05, 0) is 32.1 Å². The Morgan fingerprint density at radius 3 is 2.84 bits per heavy atom. The van der Waals surface area contributed by atoms with E-state index >= 15 is 0 Å². The van der Waals surface area contributed by atoms with Gasteiger partial charge in [0.25, 0.3) is 5.91 Å². The SMILES string of the molecule is O=C(c1cnc(C2CC2)o1)N1CCCC[C@H]1CNc1cnc(F)cn1. The standard InChI is InChI=1S/C17H20FN5O2/c18-14-9-21-15(10-19-14)20-7-12-3-1-2-6-23(12)17(24)13-8-22-16(25-13)11-4-5-11/h8-12H,1-7H2,(H,20,21)/t12-/m0/s1. The van der Waals surface area contributed by atoms with Crippen LogP contribution in [0.15, 0.2) is 23.0 Å². The fourth-order valence-corrected chi connectivity index (χ4v) is 3.15. The predicted molar refractivity (Wildman–Crippen MR) is 87.6 cm³/mol. The maximum absolute atomic E-state index is 12.8. The third kappa shape index (κ3) is 3.62. The molecule has 0 spiro atoms. The van der Waals surface area contributed by atoms with Gasteiger partial charge in [0, 0.05) is 25.0 Å². The second-order valence-corrected chi connectivity index (χ2v) is 6.59. The number of halogens is 1. The van der Waals surface area contributed by atoms with E-state index < -0.39 is 5.95 Å². The number of oxazole rings is 1. The van der Waals surface area contributed by atoms with Gasteiger partial charge in [-0.1, -0.05) is 0 Å². The van der Waals surface area contributed by atoms with Crippen LogP contribution in [-0.4, -0.2) is 44.9 Å². The van der Waals surface area contributed by atoms with Crippen molar-refractivity contribution in [2.24, 2.45) is 0 Å². The number of carbonyl (C=O) groups is 1. The van der Waals surface area contributed by atoms with Gasteiger partial charge in [0.15, 0.2) is 5.89 Å². The van der Waals surface area contributed by atoms with Crippen molar-refractivity contribution in [1.82, 2.24) is 19.9 Å². The number of likely N-dealkylation sites (tertiary alicyclic amines) is 1. The quantitative estimate of drug-likeness (QED) is 0.897. The molecular weight excluding hydrogens is 325 g/mol. The molecule has 3 heterocycles. The minimum absolute atomic E-state index is 0.0302. The third-order valence-corrected chi connectivity index (χ3v) is 4.69. The van der Waals surface area contributed by atoms with Gasteiger partial charge in [-0.15, -0.1) is 0 Å². The lowest BCUT2D eigenvalue weighted by Crippen LogP contribution is -2.47. The summed E-state index contributed by atoms with van der Waals surface area (Å²) in [5.41, 5.74) is 0. The molecule has 1 saturated heterocycles. The largest absolute Gasteiger partial charge is 0.435 e. The van der Waals surface area contributed by atoms with E-state index in [0.29, 0.717) is 36.5 Å². The van der Waals surface area contributed by atoms with Crippen molar-refractivity contribution in [2.75, 3.05) is 18.4 Å². The molecule has 1 saturated carbocycles. The van der Waals surface area contributed by atoms with Crippen LogP contribution in [0.25, 0.3) is 0 Å². The molecule has 25 heavy (non-hydrogen) atoms. The number of rotatable bonds is 5. The van der Waals surface area contributed by atoms with Gasteiger partial charge < -0.3 is 14.6 Å². The van der Waals surface area contributed by atoms with Crippen molar-refractivity contribution in [3.8, 4) is 0 Å². The van der Waals surface area contributed by atoms with Gasteiger partial charge in [0.05, 0.1) is 18.6 Å². The number of nitrogens with one attached hydrogen (secondary N) is 1. The highest BCUT2D eigenvalue weighted by molar-refractivity contribution is 5.91. The summed E-state index contributed by atoms with van der Waals surface area (Å²) in [5.74, 6) is 1.15. The summed E-state index contributed by atoms with van der Waals surface area (Å²) in [4.78, 5) is 26.4. The molecule has 132 valence electrons. The van der Waals surface area contributed by atoms with Crippen molar-refractivity contribution >= 4 is 11.7 Å². The maximum atomic E-state index is 12.8. The number of hydrogen-bond acceptors (Lipinski definition) is 6. The Morgan fingerprint density at radius 2 is 2.08 bits per heavy atom. The van der Waals surface area contributed by atoms with Gasteiger partial charge in [-0.2, -0.15) is 4.39 Å². The summed E-state index contributed by atoms with van der Waals surface area (Å²) in [5, 5.41) is 3.13. The smallest absolute Gasteiger partial charge is 0.291 e. The molecule has 8 heteroatoms. The number of amides is 1. The summed E-state index contributed by atoms with van der Waals surface area (Å²) >= 11 is 0. The Labute approximate surface area is 144 Å². The molecule has 2 fully saturated rings. The van der Waals surface area contributed by atoms with E-state index in [1.165, 1.54) is 6.20 Å². The van der Waals surface area contributed by atoms with Crippen molar-refractivity contribution in [2.45, 2.75) is 44.1 Å². The first-order chi connectivity index (χ1) is 12.2. The molecule has 1 atom stereocenters. The Balaban J connectivity index is 1.42. The highest BCUT2D eigenvalue weighted by Gasteiger charge is 2.32. The van der Waals surface area contributed by atoms with Crippen LogP contribution in [0.4, 0.5) is 10.2 Å². The molecule has 0 aromatic carbocycles. The van der Waals surface area contributed by atoms with Crippen LogP contribution in [-0.2, 0) is 0 Å². The molecule has 2 aromatic heterocycles. The average Bonchev–Trinajstić information content (AvgIpc) is 3.38. The van der Waals surface area contributed by atoms with Crippen molar-refractivity contribution in [3.05, 3.63) is 36.2 Å². The van der Waals surface area contributed by atoms with Crippen LogP contribution >= 0.6 is 0 Å². The van der Waals surface area contributed by atoms with E-state index in [1.54, 1.807) is 6.20 Å². The van der Waals surface area contributed by atoms with Crippen LogP contribution in [0, 0.1) is 5.95 Å². The molecule has 1 N–H and O–H groups in total. The van der Waals surface area contributed by atoms with Crippen LogP contribution in [0.5, 0.6) is 0 Å². The van der Waals surface area contributed by atoms with Gasteiger partial charge in [-0.25, -0.2) is 15.0 Å². The molecule has 2 aromatic rings. The number of hydrogen-bond donors (Lipinski definition) is 1. The number of aromatic nitrogens is 3. The van der Waals surface area contributed by atoms with E-state index in [4.69, 9.17) is 4.42 Å². The van der Waals surface area contributed by atoms with Crippen LogP contribution in [0.3, 0.4) is 0 Å². The minimum Gasteiger partial charge on any atom is -0.435 e. The zero-order chi connectivity index (χ0) is 17.2. The van der Waals surface area contributed by atoms with Crippen LogP contribution in [0.2, 0.25) is 0 Å². The second-order valence-electron chi connectivity index (χ2n) is 6.59. The lowest BCUT2D eigenvalue weighted by molar-refractivity contribution is 0.0594. The topological polar surface area (TPSA) is 84.2 Å². The highest BCUT2D eigenvalue weighted by Crippen LogP contribution is 2.39. The molecule has 1 aliphatic carbocycles. The maximum Gasteiger partial charge on any atom is 0.291 e. The number of carbonyl (C=O) groups excluding carboxylic acids is 1. The molecule has 0 radical (unpaired) electrons. The van der Waals surface area contributed by atoms with E-state index in [2.05, 4.69) is 20.3 Å². The zero-order valence-electron chi connectivity index (χ0n) is 13.8. The first kappa shape index (κ1) is 16.0. The summed E-state index contributed by atoms with van der Waals surface area (Å²) in [6.07, 6.45) is 9.07. The second kappa shape index (κ2) is 6.78. The fourth-order valence-electron chi connectivity index (χ4n) is 3.15. The Bertz CT molecular complexity index is 744. The van der Waals surface area contributed by atoms with E-state index in [9.17, 15) is 9.18 Å². The molecule has 0 bridgehead atoms. The Kier molecular flexibility index (Phi) is 4.33. The van der Waals surface area contributed by atoms with Gasteiger partial charge in [0.2, 0.25) is 11.7 Å². The summed E-state index contributed by atoms with van der Waals surface area (Å²) in [6.45, 7) is 1.23. The van der Waals surface area contributed by atoms with Gasteiger partial charge >= 0.3 is 0 Å². The molecule has 4 rings (SSSR count). The Morgan fingerprint density at radius 1 is 1.20 bits per heavy atom. The van der Waals surface area contributed by atoms with Crippen LogP contribution < -0.4 is 5.32 Å². The van der Waals surface area contributed by atoms with Gasteiger partial charge in [0.1, 0.15) is 5.82 Å². The molecule has 1 amide bonds. The average molecular weight is 345 g/mol. The highest BCUT2D eigenvalue weighted by atomic mass is 19.1. The lowest BCUT2D eigenvalue weighted by Gasteiger charge is -2.35. The first-order valence-electron chi connectivity index (χ1n) is 8.69. The van der Waals surface area contributed by atoms with E-state index in [0.717, 1.165) is 38.3 Å². The minimum atomic E-state index is -0.614. The molecule has 7 nitrogen and oxygen atoms in total. The number of nitrogens with zero attached hydrogens (tertiary/aromatic N) is 4. The van der Waals surface area contributed by atoms with Crippen molar-refractivity contribution < 1.29 is 13.6 Å². The summed E-state index contributed by atoms with van der Waals surface area (Å²) in [7, 11) is 0. The van der Waals surface area contributed by atoms with Crippen molar-refractivity contribution in [1.29, 1.82) is 0 Å². The third-order valence-electron chi connectivity index (χ3n) is 4.69.